The lowest BCUT2D eigenvalue weighted by Gasteiger charge is -2.39. The van der Waals surface area contributed by atoms with E-state index in [0.29, 0.717) is 6.04 Å². The molecule has 1 aromatic rings. The number of likely N-dealkylation sites (tertiary alicyclic amines) is 1. The van der Waals surface area contributed by atoms with Crippen LogP contribution in [0.1, 0.15) is 37.8 Å². The summed E-state index contributed by atoms with van der Waals surface area (Å²) >= 11 is 0. The average molecular weight is 276 g/mol. The van der Waals surface area contributed by atoms with Crippen molar-refractivity contribution in [3.8, 4) is 11.5 Å². The van der Waals surface area contributed by atoms with Gasteiger partial charge in [0.2, 0.25) is 0 Å². The van der Waals surface area contributed by atoms with Gasteiger partial charge in [0.05, 0.1) is 13.2 Å². The highest BCUT2D eigenvalue weighted by molar-refractivity contribution is 5.44. The monoisotopic (exact) mass is 276 g/mol. The molecule has 1 fully saturated rings. The Morgan fingerprint density at radius 2 is 2.00 bits per heavy atom. The quantitative estimate of drug-likeness (QED) is 0.900. The van der Waals surface area contributed by atoms with E-state index in [2.05, 4.69) is 24.0 Å². The van der Waals surface area contributed by atoms with Gasteiger partial charge in [-0.15, -0.1) is 0 Å². The molecular formula is C16H24N2O2. The van der Waals surface area contributed by atoms with E-state index < -0.39 is 0 Å². The Morgan fingerprint density at radius 3 is 2.80 bits per heavy atom. The molecule has 20 heavy (non-hydrogen) atoms. The van der Waals surface area contributed by atoms with Crippen LogP contribution in [0, 0.1) is 0 Å². The van der Waals surface area contributed by atoms with E-state index in [4.69, 9.17) is 15.2 Å². The molecule has 4 nitrogen and oxygen atoms in total. The summed E-state index contributed by atoms with van der Waals surface area (Å²) in [4.78, 5) is 2.47. The first-order valence-corrected chi connectivity index (χ1v) is 7.68. The van der Waals surface area contributed by atoms with Crippen molar-refractivity contribution in [3.63, 3.8) is 0 Å². The van der Waals surface area contributed by atoms with E-state index in [-0.39, 0.29) is 6.04 Å². The molecule has 2 atom stereocenters. The maximum Gasteiger partial charge on any atom is 0.161 e. The summed E-state index contributed by atoms with van der Waals surface area (Å²) in [6.45, 7) is 5.82. The van der Waals surface area contributed by atoms with Gasteiger partial charge in [-0.2, -0.15) is 0 Å². The predicted octanol–water partition coefficient (Wildman–Crippen LogP) is 2.33. The molecule has 1 aromatic carbocycles. The van der Waals surface area contributed by atoms with Crippen LogP contribution in [0.4, 0.5) is 0 Å². The third-order valence-electron chi connectivity index (χ3n) is 4.30. The number of benzene rings is 1. The number of rotatable bonds is 2. The largest absolute Gasteiger partial charge is 0.490 e. The van der Waals surface area contributed by atoms with E-state index >= 15 is 0 Å². The molecule has 0 radical (unpaired) electrons. The summed E-state index contributed by atoms with van der Waals surface area (Å²) in [7, 11) is 0. The minimum absolute atomic E-state index is 0.202. The Hall–Kier alpha value is -1.26. The molecule has 4 heteroatoms. The molecule has 0 bridgehead atoms. The molecule has 110 valence electrons. The molecule has 0 amide bonds. The Balaban J connectivity index is 1.90. The summed E-state index contributed by atoms with van der Waals surface area (Å²) in [5.41, 5.74) is 7.62. The number of nitrogens with zero attached hydrogens (tertiary/aromatic N) is 1. The van der Waals surface area contributed by atoms with Crippen molar-refractivity contribution in [1.29, 1.82) is 0 Å². The van der Waals surface area contributed by atoms with Crippen molar-refractivity contribution in [2.75, 3.05) is 26.3 Å². The molecule has 2 aliphatic heterocycles. The van der Waals surface area contributed by atoms with Gasteiger partial charge in [0.15, 0.2) is 11.5 Å². The first kappa shape index (κ1) is 13.7. The van der Waals surface area contributed by atoms with Crippen LogP contribution in [0.15, 0.2) is 18.2 Å². The molecule has 0 spiro atoms. The predicted molar refractivity (Wildman–Crippen MR) is 79.2 cm³/mol. The summed E-state index contributed by atoms with van der Waals surface area (Å²) in [5.74, 6) is 1.73. The van der Waals surface area contributed by atoms with Crippen LogP contribution in [-0.2, 0) is 0 Å². The maximum atomic E-state index is 6.37. The molecule has 3 rings (SSSR count). The van der Waals surface area contributed by atoms with Crippen LogP contribution in [0.25, 0.3) is 0 Å². The topological polar surface area (TPSA) is 47.7 Å². The lowest BCUT2D eigenvalue weighted by molar-refractivity contribution is 0.135. The SMILES string of the molecule is CCN1CCCC(N)C1c1ccc2c(c1)OCCCO2. The van der Waals surface area contributed by atoms with E-state index in [1.807, 2.05) is 6.07 Å². The highest BCUT2D eigenvalue weighted by Crippen LogP contribution is 2.36. The van der Waals surface area contributed by atoms with Crippen LogP contribution < -0.4 is 15.2 Å². The minimum Gasteiger partial charge on any atom is -0.490 e. The van der Waals surface area contributed by atoms with Gasteiger partial charge < -0.3 is 15.2 Å². The van der Waals surface area contributed by atoms with Crippen LogP contribution in [-0.4, -0.2) is 37.2 Å². The van der Waals surface area contributed by atoms with Crippen LogP contribution in [0.2, 0.25) is 0 Å². The van der Waals surface area contributed by atoms with E-state index in [1.165, 1.54) is 12.0 Å². The van der Waals surface area contributed by atoms with Gasteiger partial charge in [-0.25, -0.2) is 0 Å². The molecule has 1 saturated heterocycles. The summed E-state index contributed by atoms with van der Waals surface area (Å²) < 4.78 is 11.5. The minimum atomic E-state index is 0.202. The van der Waals surface area contributed by atoms with Crippen LogP contribution in [0.3, 0.4) is 0 Å². The Labute approximate surface area is 120 Å². The van der Waals surface area contributed by atoms with E-state index in [0.717, 1.165) is 50.6 Å². The summed E-state index contributed by atoms with van der Waals surface area (Å²) in [6, 6.07) is 6.80. The molecule has 2 aliphatic rings. The Morgan fingerprint density at radius 1 is 1.20 bits per heavy atom. The van der Waals surface area contributed by atoms with E-state index in [9.17, 15) is 0 Å². The fourth-order valence-corrected chi connectivity index (χ4v) is 3.27. The van der Waals surface area contributed by atoms with Gasteiger partial charge in [-0.3, -0.25) is 4.90 Å². The van der Waals surface area contributed by atoms with Crippen molar-refractivity contribution in [2.24, 2.45) is 5.73 Å². The van der Waals surface area contributed by atoms with E-state index in [1.54, 1.807) is 0 Å². The number of nitrogens with two attached hydrogens (primary N) is 1. The highest BCUT2D eigenvalue weighted by Gasteiger charge is 2.30. The lowest BCUT2D eigenvalue weighted by atomic mass is 9.91. The average Bonchev–Trinajstić information content (AvgIpc) is 2.71. The summed E-state index contributed by atoms with van der Waals surface area (Å²) in [5, 5.41) is 0. The zero-order chi connectivity index (χ0) is 13.9. The molecule has 2 heterocycles. The second-order valence-electron chi connectivity index (χ2n) is 5.64. The second kappa shape index (κ2) is 6.02. The van der Waals surface area contributed by atoms with Gasteiger partial charge in [0, 0.05) is 18.5 Å². The number of fused-ring (bicyclic) bond motifs is 1. The van der Waals surface area contributed by atoms with Crippen molar-refractivity contribution in [2.45, 2.75) is 38.3 Å². The highest BCUT2D eigenvalue weighted by atomic mass is 16.5. The number of hydrogen-bond acceptors (Lipinski definition) is 4. The first-order valence-electron chi connectivity index (χ1n) is 7.68. The Bertz CT molecular complexity index is 464. The number of hydrogen-bond donors (Lipinski definition) is 1. The number of ether oxygens (including phenoxy) is 2. The third-order valence-corrected chi connectivity index (χ3v) is 4.30. The molecule has 2 N–H and O–H groups in total. The lowest BCUT2D eigenvalue weighted by Crippen LogP contribution is -2.45. The maximum absolute atomic E-state index is 6.37. The van der Waals surface area contributed by atoms with Crippen LogP contribution >= 0.6 is 0 Å². The van der Waals surface area contributed by atoms with Gasteiger partial charge >= 0.3 is 0 Å². The first-order chi connectivity index (χ1) is 9.79. The summed E-state index contributed by atoms with van der Waals surface area (Å²) in [6.07, 6.45) is 3.22. The standard InChI is InChI=1S/C16H24N2O2/c1-2-18-8-3-5-13(17)16(18)12-6-7-14-15(11-12)20-10-4-9-19-14/h6-7,11,13,16H,2-5,8-10,17H2,1H3. The van der Waals surface area contributed by atoms with Gasteiger partial charge in [0.25, 0.3) is 0 Å². The number of piperidine rings is 1. The zero-order valence-corrected chi connectivity index (χ0v) is 12.2. The van der Waals surface area contributed by atoms with Crippen LogP contribution in [0.5, 0.6) is 11.5 Å². The molecule has 0 aliphatic carbocycles. The van der Waals surface area contributed by atoms with Crippen molar-refractivity contribution >= 4 is 0 Å². The van der Waals surface area contributed by atoms with Crippen molar-refractivity contribution in [1.82, 2.24) is 4.90 Å². The molecule has 0 aromatic heterocycles. The van der Waals surface area contributed by atoms with Crippen molar-refractivity contribution < 1.29 is 9.47 Å². The smallest absolute Gasteiger partial charge is 0.161 e. The van der Waals surface area contributed by atoms with Gasteiger partial charge in [-0.1, -0.05) is 13.0 Å². The van der Waals surface area contributed by atoms with Gasteiger partial charge in [0.1, 0.15) is 0 Å². The second-order valence-corrected chi connectivity index (χ2v) is 5.64. The van der Waals surface area contributed by atoms with Gasteiger partial charge in [-0.05, 0) is 43.6 Å². The fourth-order valence-electron chi connectivity index (χ4n) is 3.27. The van der Waals surface area contributed by atoms with Crippen molar-refractivity contribution in [3.05, 3.63) is 23.8 Å². The third kappa shape index (κ3) is 2.63. The Kier molecular flexibility index (Phi) is 4.13. The zero-order valence-electron chi connectivity index (χ0n) is 12.2. The molecule has 2 unspecified atom stereocenters. The fraction of sp³-hybridized carbons (Fsp3) is 0.625. The molecular weight excluding hydrogens is 252 g/mol. The molecule has 0 saturated carbocycles. The number of likely N-dealkylation sites (N-methyl/N-ethyl adjacent to an activating group) is 1. The normalized spacial score (nSPS) is 27.1.